The van der Waals surface area contributed by atoms with Gasteiger partial charge in [-0.1, -0.05) is 66.4 Å². The van der Waals surface area contributed by atoms with Gasteiger partial charge in [0.25, 0.3) is 0 Å². The first-order valence-corrected chi connectivity index (χ1v) is 9.82. The van der Waals surface area contributed by atoms with Crippen molar-refractivity contribution in [2.45, 2.75) is 18.6 Å². The SMILES string of the molecule is COCc1cc(C)nc(SCC(=O)c2ccc(-c3ccccc3)cc2)c1C#N. The molecule has 0 amide bonds. The van der Waals surface area contributed by atoms with Crippen LogP contribution in [0.15, 0.2) is 65.7 Å². The summed E-state index contributed by atoms with van der Waals surface area (Å²) in [6.45, 7) is 2.21. The predicted molar refractivity (Wildman–Crippen MR) is 111 cm³/mol. The number of pyridine rings is 1. The Balaban J connectivity index is 1.73. The van der Waals surface area contributed by atoms with Crippen molar-refractivity contribution >= 4 is 17.5 Å². The normalized spacial score (nSPS) is 10.5. The van der Waals surface area contributed by atoms with E-state index in [4.69, 9.17) is 4.74 Å². The molecule has 0 aliphatic carbocycles. The van der Waals surface area contributed by atoms with Crippen LogP contribution in [-0.2, 0) is 11.3 Å². The summed E-state index contributed by atoms with van der Waals surface area (Å²) in [6, 6.07) is 21.7. The van der Waals surface area contributed by atoms with Crippen LogP contribution in [0.25, 0.3) is 11.1 Å². The lowest BCUT2D eigenvalue weighted by Crippen LogP contribution is -2.05. The number of aromatic nitrogens is 1. The fourth-order valence-corrected chi connectivity index (χ4v) is 3.86. The van der Waals surface area contributed by atoms with Gasteiger partial charge in [0.1, 0.15) is 11.1 Å². The number of carbonyl (C=O) groups is 1. The molecule has 0 spiro atoms. The number of rotatable bonds is 7. The van der Waals surface area contributed by atoms with E-state index in [2.05, 4.69) is 11.1 Å². The summed E-state index contributed by atoms with van der Waals surface area (Å²) in [5.74, 6) is 0.229. The van der Waals surface area contributed by atoms with Crippen LogP contribution in [0.4, 0.5) is 0 Å². The van der Waals surface area contributed by atoms with Gasteiger partial charge < -0.3 is 4.74 Å². The minimum Gasteiger partial charge on any atom is -0.380 e. The van der Waals surface area contributed by atoms with Crippen LogP contribution in [-0.4, -0.2) is 23.6 Å². The second-order valence-corrected chi connectivity index (χ2v) is 7.27. The smallest absolute Gasteiger partial charge is 0.173 e. The van der Waals surface area contributed by atoms with Crippen molar-refractivity contribution < 1.29 is 9.53 Å². The molecule has 4 nitrogen and oxygen atoms in total. The van der Waals surface area contributed by atoms with Gasteiger partial charge in [-0.25, -0.2) is 4.98 Å². The van der Waals surface area contributed by atoms with Crippen molar-refractivity contribution in [2.75, 3.05) is 12.9 Å². The molecule has 1 aromatic heterocycles. The first-order chi connectivity index (χ1) is 13.6. The fraction of sp³-hybridized carbons (Fsp3) is 0.174. The molecule has 0 saturated carbocycles. The summed E-state index contributed by atoms with van der Waals surface area (Å²) in [7, 11) is 1.59. The molecule has 0 bridgehead atoms. The number of hydrogen-bond donors (Lipinski definition) is 0. The van der Waals surface area contributed by atoms with Gasteiger partial charge in [0.15, 0.2) is 5.78 Å². The van der Waals surface area contributed by atoms with E-state index < -0.39 is 0 Å². The Hall–Kier alpha value is -2.94. The van der Waals surface area contributed by atoms with Crippen molar-refractivity contribution in [1.82, 2.24) is 4.98 Å². The van der Waals surface area contributed by atoms with Gasteiger partial charge in [-0.05, 0) is 29.7 Å². The fourth-order valence-electron chi connectivity index (χ4n) is 2.90. The number of ketones is 1. The summed E-state index contributed by atoms with van der Waals surface area (Å²) < 4.78 is 5.17. The third-order valence-electron chi connectivity index (χ3n) is 4.26. The largest absolute Gasteiger partial charge is 0.380 e. The second kappa shape index (κ2) is 9.32. The Bertz CT molecular complexity index is 1010. The summed E-state index contributed by atoms with van der Waals surface area (Å²) in [5.41, 5.74) is 4.90. The Labute approximate surface area is 169 Å². The average molecular weight is 388 g/mol. The zero-order chi connectivity index (χ0) is 19.9. The van der Waals surface area contributed by atoms with E-state index in [0.717, 1.165) is 22.4 Å². The van der Waals surface area contributed by atoms with E-state index in [1.54, 1.807) is 7.11 Å². The van der Waals surface area contributed by atoms with Crippen molar-refractivity contribution in [2.24, 2.45) is 0 Å². The standard InChI is InChI=1S/C23H20N2O2S/c1-16-12-20(14-27-2)21(13-24)23(25-16)28-15-22(26)19-10-8-18(9-11-19)17-6-4-3-5-7-17/h3-12H,14-15H2,1-2H3. The number of carbonyl (C=O) groups excluding carboxylic acids is 1. The quantitative estimate of drug-likeness (QED) is 0.419. The van der Waals surface area contributed by atoms with Crippen molar-refractivity contribution in [1.29, 1.82) is 5.26 Å². The highest BCUT2D eigenvalue weighted by Gasteiger charge is 2.14. The van der Waals surface area contributed by atoms with E-state index in [0.29, 0.717) is 22.8 Å². The number of benzene rings is 2. The maximum Gasteiger partial charge on any atom is 0.173 e. The van der Waals surface area contributed by atoms with Gasteiger partial charge >= 0.3 is 0 Å². The third kappa shape index (κ3) is 4.66. The van der Waals surface area contributed by atoms with Crippen LogP contribution in [0.1, 0.15) is 27.2 Å². The molecule has 28 heavy (non-hydrogen) atoms. The average Bonchev–Trinajstić information content (AvgIpc) is 2.73. The van der Waals surface area contributed by atoms with Gasteiger partial charge in [-0.15, -0.1) is 0 Å². The lowest BCUT2D eigenvalue weighted by Gasteiger charge is -2.09. The highest BCUT2D eigenvalue weighted by Crippen LogP contribution is 2.26. The molecule has 0 atom stereocenters. The summed E-state index contributed by atoms with van der Waals surface area (Å²) >= 11 is 1.29. The number of Topliss-reactive ketones (excluding diaryl/α,β-unsaturated/α-hetero) is 1. The van der Waals surface area contributed by atoms with E-state index in [-0.39, 0.29) is 11.5 Å². The van der Waals surface area contributed by atoms with Crippen LogP contribution in [0.3, 0.4) is 0 Å². The van der Waals surface area contributed by atoms with Gasteiger partial charge in [0.05, 0.1) is 17.9 Å². The first kappa shape index (κ1) is 19.8. The molecule has 2 aromatic carbocycles. The molecule has 1 heterocycles. The summed E-state index contributed by atoms with van der Waals surface area (Å²) in [6.07, 6.45) is 0. The number of methoxy groups -OCH3 is 1. The number of thioether (sulfide) groups is 1. The number of nitriles is 1. The number of aryl methyl sites for hydroxylation is 1. The van der Waals surface area contributed by atoms with Crippen LogP contribution in [0.2, 0.25) is 0 Å². The maximum atomic E-state index is 12.6. The monoisotopic (exact) mass is 388 g/mol. The topological polar surface area (TPSA) is 63.0 Å². The number of hydrogen-bond acceptors (Lipinski definition) is 5. The van der Waals surface area contributed by atoms with Crippen LogP contribution >= 0.6 is 11.8 Å². The highest BCUT2D eigenvalue weighted by molar-refractivity contribution is 8.00. The lowest BCUT2D eigenvalue weighted by atomic mass is 10.0. The molecule has 0 aliphatic heterocycles. The van der Waals surface area contributed by atoms with Crippen molar-refractivity contribution in [3.8, 4) is 17.2 Å². The van der Waals surface area contributed by atoms with Gasteiger partial charge in [0, 0.05) is 18.4 Å². The molecule has 0 unspecified atom stereocenters. The van der Waals surface area contributed by atoms with Gasteiger partial charge in [-0.3, -0.25) is 4.79 Å². The molecule has 0 radical (unpaired) electrons. The second-order valence-electron chi connectivity index (χ2n) is 6.30. The van der Waals surface area contributed by atoms with Gasteiger partial charge in [-0.2, -0.15) is 5.26 Å². The zero-order valence-corrected chi connectivity index (χ0v) is 16.6. The predicted octanol–water partition coefficient (Wildman–Crippen LogP) is 5.05. The molecule has 0 aliphatic rings. The van der Waals surface area contributed by atoms with Crippen LogP contribution in [0.5, 0.6) is 0 Å². The number of ether oxygens (including phenoxy) is 1. The molecule has 0 fully saturated rings. The summed E-state index contributed by atoms with van der Waals surface area (Å²) in [4.78, 5) is 17.0. The Morgan fingerprint density at radius 2 is 1.79 bits per heavy atom. The highest BCUT2D eigenvalue weighted by atomic mass is 32.2. The Morgan fingerprint density at radius 3 is 2.43 bits per heavy atom. The molecule has 0 N–H and O–H groups in total. The van der Waals surface area contributed by atoms with Crippen LogP contribution in [0, 0.1) is 18.3 Å². The van der Waals surface area contributed by atoms with E-state index in [1.807, 2.05) is 67.6 Å². The number of nitrogens with zero attached hydrogens (tertiary/aromatic N) is 2. The van der Waals surface area contributed by atoms with Gasteiger partial charge in [0.2, 0.25) is 0 Å². The minimum absolute atomic E-state index is 0.00472. The molecule has 3 aromatic rings. The molecule has 140 valence electrons. The molecular weight excluding hydrogens is 368 g/mol. The zero-order valence-electron chi connectivity index (χ0n) is 15.8. The molecule has 0 saturated heterocycles. The van der Waals surface area contributed by atoms with Crippen molar-refractivity contribution in [3.05, 3.63) is 83.0 Å². The first-order valence-electron chi connectivity index (χ1n) is 8.83. The minimum atomic E-state index is 0.00472. The van der Waals surface area contributed by atoms with Crippen molar-refractivity contribution in [3.63, 3.8) is 0 Å². The maximum absolute atomic E-state index is 12.6. The Kier molecular flexibility index (Phi) is 6.59. The van der Waals surface area contributed by atoms with E-state index in [1.165, 1.54) is 11.8 Å². The molecule has 5 heteroatoms. The van der Waals surface area contributed by atoms with E-state index >= 15 is 0 Å². The Morgan fingerprint density at radius 1 is 1.11 bits per heavy atom. The third-order valence-corrected chi connectivity index (χ3v) is 5.24. The molecule has 3 rings (SSSR count). The van der Waals surface area contributed by atoms with E-state index in [9.17, 15) is 10.1 Å². The lowest BCUT2D eigenvalue weighted by molar-refractivity contribution is 0.102. The molecular formula is C23H20N2O2S. The summed E-state index contributed by atoms with van der Waals surface area (Å²) in [5, 5.41) is 10.1. The van der Waals surface area contributed by atoms with Crippen LogP contribution < -0.4 is 0 Å².